The average molecular weight is 238 g/mol. The highest BCUT2D eigenvalue weighted by atomic mass is 19.4. The van der Waals surface area contributed by atoms with Gasteiger partial charge in [-0.15, -0.1) is 0 Å². The lowest BCUT2D eigenvalue weighted by molar-refractivity contribution is -0.134. The Balaban J connectivity index is 2.20. The molecule has 0 aromatic rings. The smallest absolute Gasteiger partial charge is 0.342 e. The molecule has 1 saturated carbocycles. The zero-order chi connectivity index (χ0) is 12.2. The Morgan fingerprint density at radius 1 is 1.44 bits per heavy atom. The number of alkyl halides is 3. The summed E-state index contributed by atoms with van der Waals surface area (Å²) in [6, 6.07) is 0. The van der Waals surface area contributed by atoms with Gasteiger partial charge in [0.2, 0.25) is 5.91 Å². The maximum Gasteiger partial charge on any atom is 0.401 e. The van der Waals surface area contributed by atoms with Crippen molar-refractivity contribution in [3.63, 3.8) is 0 Å². The highest BCUT2D eigenvalue weighted by molar-refractivity contribution is 5.78. The number of carbonyl (C=O) groups excluding carboxylic acids is 1. The number of rotatable bonds is 6. The highest BCUT2D eigenvalue weighted by Gasteiger charge is 2.28. The van der Waals surface area contributed by atoms with Crippen LogP contribution in [0.4, 0.5) is 13.2 Å². The number of halogens is 3. The van der Waals surface area contributed by atoms with E-state index in [2.05, 4.69) is 5.32 Å². The van der Waals surface area contributed by atoms with Gasteiger partial charge in [-0.25, -0.2) is 0 Å². The SMILES string of the molecule is CCN(CC1CC1)C(=O)CNCC(F)(F)F. The van der Waals surface area contributed by atoms with Gasteiger partial charge in [-0.1, -0.05) is 0 Å². The third kappa shape index (κ3) is 5.34. The molecule has 16 heavy (non-hydrogen) atoms. The fourth-order valence-corrected chi connectivity index (χ4v) is 1.44. The molecule has 0 aromatic carbocycles. The van der Waals surface area contributed by atoms with Crippen LogP contribution in [0.25, 0.3) is 0 Å². The number of nitrogens with zero attached hydrogens (tertiary/aromatic N) is 1. The van der Waals surface area contributed by atoms with Crippen LogP contribution in [0.2, 0.25) is 0 Å². The van der Waals surface area contributed by atoms with E-state index in [-0.39, 0.29) is 12.5 Å². The summed E-state index contributed by atoms with van der Waals surface area (Å²) in [7, 11) is 0. The van der Waals surface area contributed by atoms with Crippen LogP contribution < -0.4 is 5.32 Å². The highest BCUT2D eigenvalue weighted by Crippen LogP contribution is 2.29. The maximum atomic E-state index is 11.8. The van der Waals surface area contributed by atoms with Crippen molar-refractivity contribution in [1.29, 1.82) is 0 Å². The van der Waals surface area contributed by atoms with Crippen molar-refractivity contribution in [3.8, 4) is 0 Å². The normalized spacial score (nSPS) is 16.2. The number of nitrogens with one attached hydrogen (secondary N) is 1. The summed E-state index contributed by atoms with van der Waals surface area (Å²) < 4.78 is 35.5. The standard InChI is InChI=1S/C10H17F3N2O/c1-2-15(6-8-3-4-8)9(16)5-14-7-10(11,12)13/h8,14H,2-7H2,1H3. The van der Waals surface area contributed by atoms with E-state index < -0.39 is 12.7 Å². The van der Waals surface area contributed by atoms with E-state index in [0.717, 1.165) is 12.8 Å². The first-order valence-electron chi connectivity index (χ1n) is 5.47. The van der Waals surface area contributed by atoms with Crippen molar-refractivity contribution in [2.45, 2.75) is 25.9 Å². The van der Waals surface area contributed by atoms with Gasteiger partial charge in [0, 0.05) is 13.1 Å². The van der Waals surface area contributed by atoms with Crippen LogP contribution in [0.5, 0.6) is 0 Å². The molecule has 94 valence electrons. The zero-order valence-corrected chi connectivity index (χ0v) is 9.31. The molecular formula is C10H17F3N2O. The zero-order valence-electron chi connectivity index (χ0n) is 9.31. The Kier molecular flexibility index (Phi) is 4.58. The van der Waals surface area contributed by atoms with E-state index in [4.69, 9.17) is 0 Å². The predicted octanol–water partition coefficient (Wildman–Crippen LogP) is 1.40. The van der Waals surface area contributed by atoms with Crippen molar-refractivity contribution in [2.24, 2.45) is 5.92 Å². The molecule has 6 heteroatoms. The predicted molar refractivity (Wildman–Crippen MR) is 53.9 cm³/mol. The summed E-state index contributed by atoms with van der Waals surface area (Å²) in [4.78, 5) is 13.1. The number of amides is 1. The number of carbonyl (C=O) groups is 1. The van der Waals surface area contributed by atoms with Gasteiger partial charge in [-0.2, -0.15) is 13.2 Å². The molecule has 3 nitrogen and oxygen atoms in total. The lowest BCUT2D eigenvalue weighted by Crippen LogP contribution is -2.41. The molecular weight excluding hydrogens is 221 g/mol. The molecule has 1 amide bonds. The molecule has 0 atom stereocenters. The average Bonchev–Trinajstić information content (AvgIpc) is 2.95. The van der Waals surface area contributed by atoms with Gasteiger partial charge in [0.25, 0.3) is 0 Å². The van der Waals surface area contributed by atoms with Crippen molar-refractivity contribution >= 4 is 5.91 Å². The van der Waals surface area contributed by atoms with Crippen molar-refractivity contribution in [2.75, 3.05) is 26.2 Å². The summed E-state index contributed by atoms with van der Waals surface area (Å²) in [5.41, 5.74) is 0. The molecule has 1 fully saturated rings. The van der Waals surface area contributed by atoms with Crippen molar-refractivity contribution in [1.82, 2.24) is 10.2 Å². The molecule has 0 heterocycles. The molecule has 0 saturated heterocycles. The molecule has 1 aliphatic carbocycles. The largest absolute Gasteiger partial charge is 0.401 e. The Morgan fingerprint density at radius 2 is 2.06 bits per heavy atom. The second kappa shape index (κ2) is 5.52. The summed E-state index contributed by atoms with van der Waals surface area (Å²) in [5.74, 6) is 0.310. The molecule has 0 radical (unpaired) electrons. The number of hydrogen-bond donors (Lipinski definition) is 1. The third-order valence-corrected chi connectivity index (χ3v) is 2.51. The van der Waals surface area contributed by atoms with E-state index in [9.17, 15) is 18.0 Å². The monoisotopic (exact) mass is 238 g/mol. The molecule has 1 aliphatic rings. The third-order valence-electron chi connectivity index (χ3n) is 2.51. The summed E-state index contributed by atoms with van der Waals surface area (Å²) in [6.45, 7) is 1.73. The minimum Gasteiger partial charge on any atom is -0.342 e. The lowest BCUT2D eigenvalue weighted by Gasteiger charge is -2.21. The lowest BCUT2D eigenvalue weighted by atomic mass is 10.3. The first kappa shape index (κ1) is 13.3. The molecule has 0 spiro atoms. The second-order valence-electron chi connectivity index (χ2n) is 4.09. The van der Waals surface area contributed by atoms with Crippen LogP contribution in [0, 0.1) is 5.92 Å². The van der Waals surface area contributed by atoms with Gasteiger partial charge in [0.1, 0.15) is 0 Å². The van der Waals surface area contributed by atoms with Crippen LogP contribution in [0.15, 0.2) is 0 Å². The van der Waals surface area contributed by atoms with Gasteiger partial charge in [-0.05, 0) is 25.7 Å². The van der Waals surface area contributed by atoms with Crippen molar-refractivity contribution in [3.05, 3.63) is 0 Å². The van der Waals surface area contributed by atoms with E-state index in [0.29, 0.717) is 19.0 Å². The Hall–Kier alpha value is -0.780. The minimum atomic E-state index is -4.26. The van der Waals surface area contributed by atoms with Crippen LogP contribution >= 0.6 is 0 Å². The van der Waals surface area contributed by atoms with Crippen molar-refractivity contribution < 1.29 is 18.0 Å². The molecule has 1 rings (SSSR count). The van der Waals surface area contributed by atoms with Crippen LogP contribution in [0.1, 0.15) is 19.8 Å². The van der Waals surface area contributed by atoms with E-state index in [1.54, 1.807) is 4.90 Å². The summed E-state index contributed by atoms with van der Waals surface area (Å²) in [6.07, 6.45) is -2.01. The van der Waals surface area contributed by atoms with E-state index >= 15 is 0 Å². The molecule has 1 N–H and O–H groups in total. The summed E-state index contributed by atoms with van der Waals surface area (Å²) >= 11 is 0. The van der Waals surface area contributed by atoms with Gasteiger partial charge in [0.15, 0.2) is 0 Å². The molecule has 0 aromatic heterocycles. The fourth-order valence-electron chi connectivity index (χ4n) is 1.44. The van der Waals surface area contributed by atoms with Crippen LogP contribution in [-0.2, 0) is 4.79 Å². The topological polar surface area (TPSA) is 32.3 Å². The van der Waals surface area contributed by atoms with Gasteiger partial charge >= 0.3 is 6.18 Å². The Bertz CT molecular complexity index is 239. The first-order chi connectivity index (χ1) is 7.42. The van der Waals surface area contributed by atoms with Crippen LogP contribution in [0.3, 0.4) is 0 Å². The van der Waals surface area contributed by atoms with Gasteiger partial charge in [0.05, 0.1) is 13.1 Å². The van der Waals surface area contributed by atoms with Crippen LogP contribution in [-0.4, -0.2) is 43.2 Å². The van der Waals surface area contributed by atoms with Gasteiger partial charge < -0.3 is 10.2 Å². The Labute approximate surface area is 93.0 Å². The first-order valence-corrected chi connectivity index (χ1v) is 5.47. The minimum absolute atomic E-state index is 0.236. The van der Waals surface area contributed by atoms with Gasteiger partial charge in [-0.3, -0.25) is 4.79 Å². The van der Waals surface area contributed by atoms with E-state index in [1.807, 2.05) is 6.92 Å². The number of hydrogen-bond acceptors (Lipinski definition) is 2. The maximum absolute atomic E-state index is 11.8. The number of likely N-dealkylation sites (N-methyl/N-ethyl adjacent to an activating group) is 1. The summed E-state index contributed by atoms with van der Waals surface area (Å²) in [5, 5.41) is 2.12. The molecule has 0 aliphatic heterocycles. The molecule has 0 unspecified atom stereocenters. The fraction of sp³-hybridized carbons (Fsp3) is 0.900. The Morgan fingerprint density at radius 3 is 2.50 bits per heavy atom. The quantitative estimate of drug-likeness (QED) is 0.758. The molecule has 0 bridgehead atoms. The van der Waals surface area contributed by atoms with E-state index in [1.165, 1.54) is 0 Å². The second-order valence-corrected chi connectivity index (χ2v) is 4.09.